The van der Waals surface area contributed by atoms with Gasteiger partial charge in [-0.25, -0.2) is 4.79 Å². The van der Waals surface area contributed by atoms with Gasteiger partial charge in [0.25, 0.3) is 0 Å². The summed E-state index contributed by atoms with van der Waals surface area (Å²) in [7, 11) is 0. The summed E-state index contributed by atoms with van der Waals surface area (Å²) in [4.78, 5) is 27.9. The van der Waals surface area contributed by atoms with Crippen LogP contribution in [-0.2, 0) is 0 Å². The first kappa shape index (κ1) is 9.51. The van der Waals surface area contributed by atoms with Crippen molar-refractivity contribution in [2.45, 2.75) is 13.8 Å². The maximum Gasteiger partial charge on any atom is 0.352 e. The Morgan fingerprint density at radius 3 is 2.53 bits per heavy atom. The average Bonchev–Trinajstić information content (AvgIpc) is 2.45. The predicted octanol–water partition coefficient (Wildman–Crippen LogP) is 1.17. The minimum atomic E-state index is -1.13. The van der Waals surface area contributed by atoms with Gasteiger partial charge in [0, 0.05) is 11.8 Å². The van der Waals surface area contributed by atoms with E-state index in [4.69, 9.17) is 5.11 Å². The summed E-state index contributed by atoms with van der Waals surface area (Å²) >= 11 is 0. The molecule has 5 heteroatoms. The van der Waals surface area contributed by atoms with Crippen molar-refractivity contribution in [3.63, 3.8) is 0 Å². The quantitative estimate of drug-likeness (QED) is 0.654. The molecular weight excluding hydrogens is 196 g/mol. The molecule has 0 saturated carbocycles. The van der Waals surface area contributed by atoms with E-state index in [0.717, 1.165) is 17.3 Å². The fourth-order valence-electron chi connectivity index (χ4n) is 1.55. The summed E-state index contributed by atoms with van der Waals surface area (Å²) in [6.07, 6.45) is 0. The number of aromatic amines is 2. The Bertz CT molecular complexity index is 607. The van der Waals surface area contributed by atoms with Crippen LogP contribution >= 0.6 is 0 Å². The molecule has 0 aliphatic carbocycles. The van der Waals surface area contributed by atoms with Gasteiger partial charge in [0.1, 0.15) is 11.2 Å². The number of H-pyrrole nitrogens is 2. The zero-order valence-corrected chi connectivity index (χ0v) is 8.34. The number of carboxylic acid groups (broad SMARTS) is 1. The number of aryl methyl sites for hydroxylation is 2. The van der Waals surface area contributed by atoms with E-state index in [2.05, 4.69) is 9.97 Å². The van der Waals surface area contributed by atoms with E-state index in [0.29, 0.717) is 11.0 Å². The molecule has 5 nitrogen and oxygen atoms in total. The van der Waals surface area contributed by atoms with Crippen molar-refractivity contribution in [1.29, 1.82) is 0 Å². The Hall–Kier alpha value is -2.04. The molecule has 0 bridgehead atoms. The van der Waals surface area contributed by atoms with Crippen LogP contribution in [0.5, 0.6) is 0 Å². The van der Waals surface area contributed by atoms with Crippen LogP contribution in [0.2, 0.25) is 0 Å². The SMILES string of the molecule is Cc1[nH]c2c(=O)cc(C(=O)O)[nH]c2c1C. The largest absolute Gasteiger partial charge is 0.477 e. The fourth-order valence-corrected chi connectivity index (χ4v) is 1.55. The summed E-state index contributed by atoms with van der Waals surface area (Å²) < 4.78 is 0. The number of carboxylic acids is 1. The van der Waals surface area contributed by atoms with Gasteiger partial charge < -0.3 is 15.1 Å². The molecule has 0 saturated heterocycles. The van der Waals surface area contributed by atoms with Crippen molar-refractivity contribution in [1.82, 2.24) is 9.97 Å². The smallest absolute Gasteiger partial charge is 0.352 e. The van der Waals surface area contributed by atoms with E-state index >= 15 is 0 Å². The van der Waals surface area contributed by atoms with Crippen LogP contribution in [-0.4, -0.2) is 21.0 Å². The van der Waals surface area contributed by atoms with E-state index in [1.807, 2.05) is 13.8 Å². The normalized spacial score (nSPS) is 10.8. The fraction of sp³-hybridized carbons (Fsp3) is 0.200. The molecule has 0 atom stereocenters. The number of nitrogens with one attached hydrogen (secondary N) is 2. The van der Waals surface area contributed by atoms with Gasteiger partial charge in [0.15, 0.2) is 0 Å². The molecule has 0 unspecified atom stereocenters. The Balaban J connectivity index is 2.92. The third kappa shape index (κ3) is 1.32. The van der Waals surface area contributed by atoms with Crippen molar-refractivity contribution in [2.75, 3.05) is 0 Å². The van der Waals surface area contributed by atoms with E-state index in [9.17, 15) is 9.59 Å². The average molecular weight is 206 g/mol. The van der Waals surface area contributed by atoms with E-state index in [-0.39, 0.29) is 11.1 Å². The highest BCUT2D eigenvalue weighted by Gasteiger charge is 2.12. The molecule has 0 amide bonds. The highest BCUT2D eigenvalue weighted by Crippen LogP contribution is 2.16. The summed E-state index contributed by atoms with van der Waals surface area (Å²) in [5.41, 5.74) is 2.32. The lowest BCUT2D eigenvalue weighted by Crippen LogP contribution is -2.09. The van der Waals surface area contributed by atoms with Crippen LogP contribution in [0, 0.1) is 13.8 Å². The number of hydrogen-bond acceptors (Lipinski definition) is 2. The lowest BCUT2D eigenvalue weighted by Gasteiger charge is -1.96. The summed E-state index contributed by atoms with van der Waals surface area (Å²) in [5, 5.41) is 8.79. The first-order valence-corrected chi connectivity index (χ1v) is 4.46. The van der Waals surface area contributed by atoms with Crippen molar-refractivity contribution in [3.8, 4) is 0 Å². The molecule has 3 N–H and O–H groups in total. The van der Waals surface area contributed by atoms with Gasteiger partial charge in [-0.3, -0.25) is 4.79 Å². The number of fused-ring (bicyclic) bond motifs is 1. The van der Waals surface area contributed by atoms with Crippen LogP contribution in [0.1, 0.15) is 21.7 Å². The van der Waals surface area contributed by atoms with E-state index in [1.165, 1.54) is 0 Å². The van der Waals surface area contributed by atoms with Gasteiger partial charge in [0.2, 0.25) is 5.43 Å². The number of aromatic carboxylic acids is 1. The Morgan fingerprint density at radius 2 is 1.93 bits per heavy atom. The third-order valence-corrected chi connectivity index (χ3v) is 2.51. The minimum absolute atomic E-state index is 0.0883. The molecule has 15 heavy (non-hydrogen) atoms. The summed E-state index contributed by atoms with van der Waals surface area (Å²) in [6.45, 7) is 3.67. The second-order valence-electron chi connectivity index (χ2n) is 3.48. The maximum atomic E-state index is 11.6. The molecule has 78 valence electrons. The van der Waals surface area contributed by atoms with Crippen LogP contribution in [0.25, 0.3) is 11.0 Å². The molecule has 2 rings (SSSR count). The first-order chi connectivity index (χ1) is 7.00. The van der Waals surface area contributed by atoms with Crippen LogP contribution in [0.4, 0.5) is 0 Å². The molecular formula is C10H10N2O3. The van der Waals surface area contributed by atoms with Gasteiger partial charge in [0.05, 0.1) is 5.52 Å². The Labute approximate surface area is 84.8 Å². The Morgan fingerprint density at radius 1 is 1.27 bits per heavy atom. The number of hydrogen-bond donors (Lipinski definition) is 3. The van der Waals surface area contributed by atoms with Crippen molar-refractivity contribution in [2.24, 2.45) is 0 Å². The van der Waals surface area contributed by atoms with Crippen molar-refractivity contribution in [3.05, 3.63) is 33.2 Å². The van der Waals surface area contributed by atoms with E-state index < -0.39 is 5.97 Å². The van der Waals surface area contributed by atoms with Gasteiger partial charge in [-0.1, -0.05) is 0 Å². The van der Waals surface area contributed by atoms with Crippen molar-refractivity contribution >= 4 is 17.0 Å². The minimum Gasteiger partial charge on any atom is -0.477 e. The van der Waals surface area contributed by atoms with Crippen LogP contribution in [0.15, 0.2) is 10.9 Å². The van der Waals surface area contributed by atoms with Crippen LogP contribution in [0.3, 0.4) is 0 Å². The molecule has 0 fully saturated rings. The molecule has 0 aliphatic heterocycles. The first-order valence-electron chi connectivity index (χ1n) is 4.46. The highest BCUT2D eigenvalue weighted by atomic mass is 16.4. The summed E-state index contributed by atoms with van der Waals surface area (Å²) in [5.74, 6) is -1.13. The lowest BCUT2D eigenvalue weighted by molar-refractivity contribution is 0.0691. The molecule has 0 aromatic carbocycles. The van der Waals surface area contributed by atoms with Gasteiger partial charge in [-0.05, 0) is 19.4 Å². The number of aromatic nitrogens is 2. The second kappa shape index (κ2) is 2.98. The molecule has 2 aromatic rings. The number of carbonyl (C=O) groups is 1. The predicted molar refractivity (Wildman–Crippen MR) is 55.4 cm³/mol. The topological polar surface area (TPSA) is 85.9 Å². The highest BCUT2D eigenvalue weighted by molar-refractivity contribution is 5.90. The second-order valence-corrected chi connectivity index (χ2v) is 3.48. The zero-order chi connectivity index (χ0) is 11.2. The third-order valence-electron chi connectivity index (χ3n) is 2.51. The lowest BCUT2D eigenvalue weighted by atomic mass is 10.2. The van der Waals surface area contributed by atoms with E-state index in [1.54, 1.807) is 0 Å². The standard InChI is InChI=1S/C10H10N2O3/c1-4-5(2)11-9-7(13)3-6(10(14)15)12-8(4)9/h3,11H,1-2H3,(H,12,13)(H,14,15). The van der Waals surface area contributed by atoms with Gasteiger partial charge >= 0.3 is 5.97 Å². The molecule has 0 radical (unpaired) electrons. The monoisotopic (exact) mass is 206 g/mol. The molecule has 2 heterocycles. The maximum absolute atomic E-state index is 11.6. The zero-order valence-electron chi connectivity index (χ0n) is 8.34. The number of rotatable bonds is 1. The Kier molecular flexibility index (Phi) is 1.89. The van der Waals surface area contributed by atoms with Crippen LogP contribution < -0.4 is 5.43 Å². The number of pyridine rings is 1. The molecule has 0 spiro atoms. The summed E-state index contributed by atoms with van der Waals surface area (Å²) in [6, 6.07) is 1.08. The van der Waals surface area contributed by atoms with Gasteiger partial charge in [-0.15, -0.1) is 0 Å². The molecule has 0 aliphatic rings. The van der Waals surface area contributed by atoms with Crippen molar-refractivity contribution < 1.29 is 9.90 Å². The molecule has 2 aromatic heterocycles. The van der Waals surface area contributed by atoms with Gasteiger partial charge in [-0.2, -0.15) is 0 Å².